The van der Waals surface area contributed by atoms with Crippen LogP contribution in [0.3, 0.4) is 0 Å². The molecule has 3 aromatic rings. The normalized spacial score (nSPS) is 10.6. The number of hydrogen-bond acceptors (Lipinski definition) is 5. The van der Waals surface area contributed by atoms with Gasteiger partial charge in [-0.15, -0.1) is 11.3 Å². The SMILES string of the molecule is Cc1nc(NC(=O)c2cc(=O)c(OCc3ccccc3)cn2C)sc1C. The molecule has 6 nitrogen and oxygen atoms in total. The second-order valence-electron chi connectivity index (χ2n) is 5.89. The molecule has 0 bridgehead atoms. The van der Waals surface area contributed by atoms with Gasteiger partial charge in [-0.2, -0.15) is 0 Å². The molecule has 0 fully saturated rings. The summed E-state index contributed by atoms with van der Waals surface area (Å²) in [6, 6.07) is 10.9. The molecule has 1 aromatic carbocycles. The van der Waals surface area contributed by atoms with Crippen LogP contribution in [0.5, 0.6) is 5.75 Å². The van der Waals surface area contributed by atoms with E-state index in [0.29, 0.717) is 11.7 Å². The molecule has 7 heteroatoms. The maximum atomic E-state index is 12.5. The number of carbonyl (C=O) groups is 1. The van der Waals surface area contributed by atoms with Crippen molar-refractivity contribution in [2.45, 2.75) is 20.5 Å². The number of carbonyl (C=O) groups excluding carboxylic acids is 1. The summed E-state index contributed by atoms with van der Waals surface area (Å²) in [4.78, 5) is 30.1. The molecule has 0 unspecified atom stereocenters. The minimum Gasteiger partial charge on any atom is -0.483 e. The lowest BCUT2D eigenvalue weighted by molar-refractivity contribution is 0.101. The van der Waals surface area contributed by atoms with Gasteiger partial charge in [-0.25, -0.2) is 4.98 Å². The third-order valence-corrected chi connectivity index (χ3v) is 4.91. The summed E-state index contributed by atoms with van der Waals surface area (Å²) in [5, 5.41) is 3.25. The predicted molar refractivity (Wildman–Crippen MR) is 102 cm³/mol. The molecule has 3 rings (SSSR count). The molecule has 0 saturated carbocycles. The van der Waals surface area contributed by atoms with Gasteiger partial charge in [-0.05, 0) is 19.4 Å². The largest absolute Gasteiger partial charge is 0.483 e. The zero-order valence-electron chi connectivity index (χ0n) is 14.8. The first-order chi connectivity index (χ1) is 12.4. The molecule has 0 saturated heterocycles. The van der Waals surface area contributed by atoms with E-state index in [9.17, 15) is 9.59 Å². The van der Waals surface area contributed by atoms with Crippen LogP contribution in [0.25, 0.3) is 0 Å². The fourth-order valence-corrected chi connectivity index (χ4v) is 3.17. The number of benzene rings is 1. The average molecular weight is 369 g/mol. The van der Waals surface area contributed by atoms with Crippen LogP contribution in [-0.2, 0) is 13.7 Å². The highest BCUT2D eigenvalue weighted by atomic mass is 32.1. The predicted octanol–water partition coefficient (Wildman–Crippen LogP) is 3.29. The minimum absolute atomic E-state index is 0.203. The summed E-state index contributed by atoms with van der Waals surface area (Å²) >= 11 is 1.40. The smallest absolute Gasteiger partial charge is 0.274 e. The van der Waals surface area contributed by atoms with E-state index >= 15 is 0 Å². The van der Waals surface area contributed by atoms with Crippen LogP contribution >= 0.6 is 11.3 Å². The fourth-order valence-electron chi connectivity index (χ4n) is 2.36. The van der Waals surface area contributed by atoms with Gasteiger partial charge in [0.15, 0.2) is 10.9 Å². The van der Waals surface area contributed by atoms with Gasteiger partial charge in [-0.3, -0.25) is 14.9 Å². The Balaban J connectivity index is 1.76. The molecule has 2 aromatic heterocycles. The number of aryl methyl sites for hydroxylation is 3. The van der Waals surface area contributed by atoms with Gasteiger partial charge in [0.1, 0.15) is 12.3 Å². The van der Waals surface area contributed by atoms with Crippen LogP contribution in [0.4, 0.5) is 5.13 Å². The summed E-state index contributed by atoms with van der Waals surface area (Å²) in [5.41, 5.74) is 1.75. The number of anilines is 1. The van der Waals surface area contributed by atoms with Gasteiger partial charge in [0.05, 0.1) is 11.9 Å². The quantitative estimate of drug-likeness (QED) is 0.749. The summed E-state index contributed by atoms with van der Waals surface area (Å²) in [6.07, 6.45) is 1.53. The van der Waals surface area contributed by atoms with Crippen molar-refractivity contribution in [3.05, 3.63) is 74.6 Å². The Labute approximate surface area is 155 Å². The second-order valence-corrected chi connectivity index (χ2v) is 7.09. The van der Waals surface area contributed by atoms with Crippen LogP contribution < -0.4 is 15.5 Å². The van der Waals surface area contributed by atoms with E-state index in [1.807, 2.05) is 44.2 Å². The van der Waals surface area contributed by atoms with Crippen molar-refractivity contribution in [2.75, 3.05) is 5.32 Å². The third-order valence-electron chi connectivity index (χ3n) is 3.92. The average Bonchev–Trinajstić information content (AvgIpc) is 2.93. The number of hydrogen-bond donors (Lipinski definition) is 1. The standard InChI is InChI=1S/C19H19N3O3S/c1-12-13(2)26-19(20-12)21-18(24)15-9-16(23)17(10-22(15)3)25-11-14-7-5-4-6-8-14/h4-10H,11H2,1-3H3,(H,20,21,24). The topological polar surface area (TPSA) is 73.2 Å². The number of rotatable bonds is 5. The van der Waals surface area contributed by atoms with Crippen molar-refractivity contribution < 1.29 is 9.53 Å². The van der Waals surface area contributed by atoms with E-state index in [2.05, 4.69) is 10.3 Å². The molecule has 0 atom stereocenters. The fraction of sp³-hybridized carbons (Fsp3) is 0.211. The van der Waals surface area contributed by atoms with Crippen LogP contribution in [-0.4, -0.2) is 15.5 Å². The Bertz CT molecular complexity index is 974. The Hall–Kier alpha value is -2.93. The van der Waals surface area contributed by atoms with Crippen LogP contribution in [0, 0.1) is 13.8 Å². The lowest BCUT2D eigenvalue weighted by atomic mass is 10.2. The number of pyridine rings is 1. The van der Waals surface area contributed by atoms with Crippen molar-refractivity contribution in [3.8, 4) is 5.75 Å². The number of nitrogens with one attached hydrogen (secondary N) is 1. The lowest BCUT2D eigenvalue weighted by Crippen LogP contribution is -2.21. The summed E-state index contributed by atoms with van der Waals surface area (Å²) in [6.45, 7) is 4.12. The van der Waals surface area contributed by atoms with Gasteiger partial charge in [0.2, 0.25) is 5.43 Å². The molecule has 1 amide bonds. The number of nitrogens with zero attached hydrogens (tertiary/aromatic N) is 2. The Kier molecular flexibility index (Phi) is 5.18. The summed E-state index contributed by atoms with van der Waals surface area (Å²) in [5.74, 6) is -0.179. The first-order valence-electron chi connectivity index (χ1n) is 8.07. The first-order valence-corrected chi connectivity index (χ1v) is 8.88. The first kappa shape index (κ1) is 17.9. The van der Waals surface area contributed by atoms with Crippen LogP contribution in [0.15, 0.2) is 47.4 Å². The molecule has 0 aliphatic rings. The van der Waals surface area contributed by atoms with E-state index in [1.165, 1.54) is 23.6 Å². The number of ether oxygens (including phenoxy) is 1. The van der Waals surface area contributed by atoms with E-state index in [0.717, 1.165) is 16.1 Å². The van der Waals surface area contributed by atoms with Crippen molar-refractivity contribution in [2.24, 2.45) is 7.05 Å². The van der Waals surface area contributed by atoms with E-state index in [1.54, 1.807) is 11.6 Å². The molecular formula is C19H19N3O3S. The highest BCUT2D eigenvalue weighted by Crippen LogP contribution is 2.21. The maximum Gasteiger partial charge on any atom is 0.274 e. The van der Waals surface area contributed by atoms with E-state index < -0.39 is 0 Å². The zero-order valence-corrected chi connectivity index (χ0v) is 15.6. The van der Waals surface area contributed by atoms with Crippen LogP contribution in [0.1, 0.15) is 26.6 Å². The zero-order chi connectivity index (χ0) is 18.7. The number of aromatic nitrogens is 2. The summed E-state index contributed by atoms with van der Waals surface area (Å²) < 4.78 is 7.17. The van der Waals surface area contributed by atoms with Crippen LogP contribution in [0.2, 0.25) is 0 Å². The summed E-state index contributed by atoms with van der Waals surface area (Å²) in [7, 11) is 1.70. The monoisotopic (exact) mass is 369 g/mol. The molecule has 134 valence electrons. The Morgan fingerprint density at radius 3 is 2.65 bits per heavy atom. The third kappa shape index (κ3) is 4.00. The van der Waals surface area contributed by atoms with E-state index in [4.69, 9.17) is 4.74 Å². The van der Waals surface area contributed by atoms with Crippen molar-refractivity contribution in [3.63, 3.8) is 0 Å². The molecule has 0 aliphatic carbocycles. The molecule has 1 N–H and O–H groups in total. The number of thiazole rings is 1. The Morgan fingerprint density at radius 1 is 1.27 bits per heavy atom. The highest BCUT2D eigenvalue weighted by molar-refractivity contribution is 7.15. The molecular weight excluding hydrogens is 350 g/mol. The van der Waals surface area contributed by atoms with E-state index in [-0.39, 0.29) is 22.8 Å². The van der Waals surface area contributed by atoms with Crippen molar-refractivity contribution in [1.29, 1.82) is 0 Å². The highest BCUT2D eigenvalue weighted by Gasteiger charge is 2.15. The lowest BCUT2D eigenvalue weighted by Gasteiger charge is -2.11. The minimum atomic E-state index is -0.382. The van der Waals surface area contributed by atoms with Gasteiger partial charge >= 0.3 is 0 Å². The van der Waals surface area contributed by atoms with Gasteiger partial charge in [0.25, 0.3) is 5.91 Å². The molecule has 2 heterocycles. The second kappa shape index (κ2) is 7.53. The van der Waals surface area contributed by atoms with Gasteiger partial charge in [-0.1, -0.05) is 30.3 Å². The van der Waals surface area contributed by atoms with Gasteiger partial charge < -0.3 is 9.30 Å². The van der Waals surface area contributed by atoms with Crippen molar-refractivity contribution in [1.82, 2.24) is 9.55 Å². The Morgan fingerprint density at radius 2 is 2.00 bits per heavy atom. The van der Waals surface area contributed by atoms with Crippen molar-refractivity contribution >= 4 is 22.4 Å². The molecule has 0 radical (unpaired) electrons. The molecule has 0 aliphatic heterocycles. The molecule has 0 spiro atoms. The van der Waals surface area contributed by atoms with Gasteiger partial charge in [0, 0.05) is 18.0 Å². The number of amides is 1. The maximum absolute atomic E-state index is 12.5. The molecule has 26 heavy (non-hydrogen) atoms.